The van der Waals surface area contributed by atoms with Crippen molar-refractivity contribution in [3.63, 3.8) is 0 Å². The van der Waals surface area contributed by atoms with Crippen molar-refractivity contribution in [2.24, 2.45) is 0 Å². The highest BCUT2D eigenvalue weighted by molar-refractivity contribution is 4.73. The zero-order valence-corrected chi connectivity index (χ0v) is 12.1. The predicted molar refractivity (Wildman–Crippen MR) is 72.8 cm³/mol. The predicted octanol–water partition coefficient (Wildman–Crippen LogP) is 1.71. The fourth-order valence-electron chi connectivity index (χ4n) is 2.15. The van der Waals surface area contributed by atoms with E-state index in [1.165, 1.54) is 19.3 Å². The molecule has 0 aliphatic heterocycles. The Labute approximate surface area is 111 Å². The summed E-state index contributed by atoms with van der Waals surface area (Å²) in [4.78, 5) is 0. The van der Waals surface area contributed by atoms with Gasteiger partial charge >= 0.3 is 0 Å². The normalized spacial score (nSPS) is 20.0. The monoisotopic (exact) mass is 259 g/mol. The van der Waals surface area contributed by atoms with Gasteiger partial charge in [0, 0.05) is 20.2 Å². The lowest BCUT2D eigenvalue weighted by Crippen LogP contribution is -2.41. The molecule has 1 aliphatic carbocycles. The first-order chi connectivity index (χ1) is 8.53. The molecule has 4 nitrogen and oxygen atoms in total. The van der Waals surface area contributed by atoms with Gasteiger partial charge in [0.25, 0.3) is 0 Å². The van der Waals surface area contributed by atoms with Gasteiger partial charge in [0.2, 0.25) is 0 Å². The quantitative estimate of drug-likeness (QED) is 0.697. The van der Waals surface area contributed by atoms with Crippen LogP contribution >= 0.6 is 0 Å². The fourth-order valence-corrected chi connectivity index (χ4v) is 2.15. The maximum absolute atomic E-state index is 9.82. The fraction of sp³-hybridized carbons (Fsp3) is 1.00. The van der Waals surface area contributed by atoms with Crippen molar-refractivity contribution in [3.05, 3.63) is 0 Å². The first-order valence-electron chi connectivity index (χ1n) is 7.09. The maximum Gasteiger partial charge on any atom is 0.0897 e. The summed E-state index contributed by atoms with van der Waals surface area (Å²) in [5.41, 5.74) is -0.191. The Morgan fingerprint density at radius 1 is 1.28 bits per heavy atom. The zero-order valence-electron chi connectivity index (χ0n) is 12.1. The molecule has 0 bridgehead atoms. The third-order valence-electron chi connectivity index (χ3n) is 3.56. The summed E-state index contributed by atoms with van der Waals surface area (Å²) in [6.07, 6.45) is 6.09. The average molecular weight is 259 g/mol. The van der Waals surface area contributed by atoms with E-state index in [1.54, 1.807) is 7.11 Å². The van der Waals surface area contributed by atoms with Gasteiger partial charge in [0.15, 0.2) is 0 Å². The van der Waals surface area contributed by atoms with Crippen LogP contribution in [0, 0.1) is 0 Å². The smallest absolute Gasteiger partial charge is 0.0897 e. The molecule has 1 fully saturated rings. The lowest BCUT2D eigenvalue weighted by atomic mass is 9.98. The SMILES string of the molecule is COC(C)(C)CNCC(O)COC1CCCCC1. The van der Waals surface area contributed by atoms with Gasteiger partial charge in [-0.3, -0.25) is 0 Å². The summed E-state index contributed by atoms with van der Waals surface area (Å²) < 4.78 is 11.0. The van der Waals surface area contributed by atoms with Crippen LogP contribution in [0.25, 0.3) is 0 Å². The number of aliphatic hydroxyl groups is 1. The summed E-state index contributed by atoms with van der Waals surface area (Å²) in [6, 6.07) is 0. The Bertz CT molecular complexity index is 215. The number of methoxy groups -OCH3 is 1. The molecule has 1 atom stereocenters. The van der Waals surface area contributed by atoms with Gasteiger partial charge in [-0.05, 0) is 26.7 Å². The van der Waals surface area contributed by atoms with Gasteiger partial charge in [-0.1, -0.05) is 19.3 Å². The van der Waals surface area contributed by atoms with Crippen LogP contribution in [0.5, 0.6) is 0 Å². The molecule has 108 valence electrons. The van der Waals surface area contributed by atoms with Crippen LogP contribution in [0.1, 0.15) is 46.0 Å². The van der Waals surface area contributed by atoms with E-state index < -0.39 is 6.10 Å². The second-order valence-electron chi connectivity index (χ2n) is 5.84. The second-order valence-corrected chi connectivity index (χ2v) is 5.84. The second kappa shape index (κ2) is 8.10. The van der Waals surface area contributed by atoms with Crippen LogP contribution in [0.15, 0.2) is 0 Å². The Balaban J connectivity index is 2.04. The van der Waals surface area contributed by atoms with E-state index in [0.29, 0.717) is 19.3 Å². The van der Waals surface area contributed by atoms with Gasteiger partial charge < -0.3 is 19.9 Å². The highest BCUT2D eigenvalue weighted by Gasteiger charge is 2.18. The molecule has 2 N–H and O–H groups in total. The zero-order chi connectivity index (χ0) is 13.4. The van der Waals surface area contributed by atoms with Crippen LogP contribution in [-0.2, 0) is 9.47 Å². The highest BCUT2D eigenvalue weighted by atomic mass is 16.5. The summed E-state index contributed by atoms with van der Waals surface area (Å²) in [5, 5.41) is 13.0. The molecular formula is C14H29NO3. The van der Waals surface area contributed by atoms with E-state index in [2.05, 4.69) is 5.32 Å². The minimum Gasteiger partial charge on any atom is -0.389 e. The van der Waals surface area contributed by atoms with Crippen LogP contribution in [-0.4, -0.2) is 49.7 Å². The highest BCUT2D eigenvalue weighted by Crippen LogP contribution is 2.20. The van der Waals surface area contributed by atoms with Crippen LogP contribution in [0.3, 0.4) is 0 Å². The van der Waals surface area contributed by atoms with E-state index >= 15 is 0 Å². The van der Waals surface area contributed by atoms with Crippen molar-refractivity contribution < 1.29 is 14.6 Å². The van der Waals surface area contributed by atoms with E-state index in [0.717, 1.165) is 19.4 Å². The standard InChI is InChI=1S/C14H29NO3/c1-14(2,17-3)11-15-9-12(16)10-18-13-7-5-4-6-8-13/h12-13,15-16H,4-11H2,1-3H3. The number of hydrogen-bond acceptors (Lipinski definition) is 4. The van der Waals surface area contributed by atoms with Crippen LogP contribution < -0.4 is 5.32 Å². The van der Waals surface area contributed by atoms with Crippen molar-refractivity contribution in [3.8, 4) is 0 Å². The first-order valence-corrected chi connectivity index (χ1v) is 7.09. The Morgan fingerprint density at radius 2 is 1.94 bits per heavy atom. The molecule has 0 spiro atoms. The van der Waals surface area contributed by atoms with Gasteiger partial charge in [0.05, 0.1) is 24.4 Å². The van der Waals surface area contributed by atoms with Crippen molar-refractivity contribution in [2.45, 2.75) is 63.8 Å². The minimum atomic E-state index is -0.431. The van der Waals surface area contributed by atoms with Crippen molar-refractivity contribution in [2.75, 3.05) is 26.8 Å². The molecular weight excluding hydrogens is 230 g/mol. The Kier molecular flexibility index (Phi) is 7.15. The van der Waals surface area contributed by atoms with E-state index in [-0.39, 0.29) is 5.60 Å². The largest absolute Gasteiger partial charge is 0.389 e. The van der Waals surface area contributed by atoms with Gasteiger partial charge in [0.1, 0.15) is 0 Å². The summed E-state index contributed by atoms with van der Waals surface area (Å²) >= 11 is 0. The van der Waals surface area contributed by atoms with Gasteiger partial charge in [-0.15, -0.1) is 0 Å². The van der Waals surface area contributed by atoms with Crippen molar-refractivity contribution in [1.29, 1.82) is 0 Å². The lowest BCUT2D eigenvalue weighted by Gasteiger charge is -2.25. The number of ether oxygens (including phenoxy) is 2. The molecule has 1 rings (SSSR count). The summed E-state index contributed by atoms with van der Waals surface area (Å²) in [7, 11) is 1.70. The summed E-state index contributed by atoms with van der Waals surface area (Å²) in [5.74, 6) is 0. The molecule has 0 radical (unpaired) electrons. The summed E-state index contributed by atoms with van der Waals surface area (Å²) in [6.45, 7) is 5.75. The topological polar surface area (TPSA) is 50.7 Å². The molecule has 0 aromatic carbocycles. The molecule has 0 aromatic heterocycles. The van der Waals surface area contributed by atoms with Crippen LogP contribution in [0.2, 0.25) is 0 Å². The van der Waals surface area contributed by atoms with Gasteiger partial charge in [-0.25, -0.2) is 0 Å². The number of rotatable bonds is 8. The molecule has 0 amide bonds. The molecule has 1 unspecified atom stereocenters. The van der Waals surface area contributed by atoms with Crippen LogP contribution in [0.4, 0.5) is 0 Å². The van der Waals surface area contributed by atoms with Crippen molar-refractivity contribution >= 4 is 0 Å². The molecule has 18 heavy (non-hydrogen) atoms. The Hall–Kier alpha value is -0.160. The molecule has 0 saturated heterocycles. The lowest BCUT2D eigenvalue weighted by molar-refractivity contribution is -0.0261. The average Bonchev–Trinajstić information content (AvgIpc) is 2.37. The molecule has 1 aliphatic rings. The van der Waals surface area contributed by atoms with Crippen molar-refractivity contribution in [1.82, 2.24) is 5.32 Å². The van der Waals surface area contributed by atoms with E-state index in [9.17, 15) is 5.11 Å². The maximum atomic E-state index is 9.82. The third kappa shape index (κ3) is 6.69. The third-order valence-corrected chi connectivity index (χ3v) is 3.56. The van der Waals surface area contributed by atoms with E-state index in [4.69, 9.17) is 9.47 Å². The molecule has 0 aromatic rings. The number of nitrogens with one attached hydrogen (secondary N) is 1. The molecule has 4 heteroatoms. The van der Waals surface area contributed by atoms with E-state index in [1.807, 2.05) is 13.8 Å². The Morgan fingerprint density at radius 3 is 2.56 bits per heavy atom. The molecule has 1 saturated carbocycles. The number of aliphatic hydroxyl groups excluding tert-OH is 1. The number of hydrogen-bond donors (Lipinski definition) is 2. The van der Waals surface area contributed by atoms with Gasteiger partial charge in [-0.2, -0.15) is 0 Å². The minimum absolute atomic E-state index is 0.191. The first kappa shape index (κ1) is 15.9. The molecule has 0 heterocycles.